The van der Waals surface area contributed by atoms with Crippen molar-refractivity contribution in [1.82, 2.24) is 0 Å². The maximum atomic E-state index is 12.6. The van der Waals surface area contributed by atoms with Gasteiger partial charge in [-0.3, -0.25) is 0 Å². The Hall–Kier alpha value is -4.59. The van der Waals surface area contributed by atoms with Gasteiger partial charge in [0.1, 0.15) is 18.8 Å². The van der Waals surface area contributed by atoms with E-state index in [9.17, 15) is 34.8 Å². The number of aliphatic carboxylic acids is 1. The van der Waals surface area contributed by atoms with Crippen molar-refractivity contribution in [2.45, 2.75) is 36.6 Å². The van der Waals surface area contributed by atoms with Gasteiger partial charge in [0.25, 0.3) is 5.79 Å². The van der Waals surface area contributed by atoms with E-state index in [-0.39, 0.29) is 23.0 Å². The van der Waals surface area contributed by atoms with Crippen LogP contribution in [0.25, 0.3) is 12.2 Å². The van der Waals surface area contributed by atoms with E-state index in [2.05, 4.69) is 0 Å². The minimum absolute atomic E-state index is 0.0717. The quantitative estimate of drug-likeness (QED) is 0.238. The zero-order chi connectivity index (χ0) is 29.7. The Balaban J connectivity index is 1.42. The van der Waals surface area contributed by atoms with E-state index in [0.29, 0.717) is 11.1 Å². The third-order valence-corrected chi connectivity index (χ3v) is 6.41. The van der Waals surface area contributed by atoms with Crippen molar-refractivity contribution in [2.24, 2.45) is 0 Å². The molecule has 2 bridgehead atoms. The number of benzene rings is 2. The summed E-state index contributed by atoms with van der Waals surface area (Å²) >= 11 is 0. The van der Waals surface area contributed by atoms with Crippen LogP contribution in [0.2, 0.25) is 0 Å². The van der Waals surface area contributed by atoms with E-state index < -0.39 is 61.1 Å². The first kappa shape index (κ1) is 29.4. The Bertz CT molecular complexity index is 1360. The number of aliphatic hydroxyl groups excluding tert-OH is 1. The van der Waals surface area contributed by atoms with Gasteiger partial charge in [0.2, 0.25) is 0 Å². The maximum absolute atomic E-state index is 12.6. The average Bonchev–Trinajstić information content (AvgIpc) is 3.27. The molecule has 218 valence electrons. The number of fused-ring (bicyclic) bond motifs is 2. The molecule has 0 saturated carbocycles. The van der Waals surface area contributed by atoms with Crippen LogP contribution in [0, 0.1) is 0 Å². The van der Waals surface area contributed by atoms with Crippen LogP contribution in [0.1, 0.15) is 17.5 Å². The Labute approximate surface area is 233 Å². The molecule has 0 spiro atoms. The largest absolute Gasteiger partial charge is 0.504 e. The lowest BCUT2D eigenvalue weighted by Crippen LogP contribution is -2.55. The predicted octanol–water partition coefficient (Wildman–Crippen LogP) is 1.63. The number of rotatable bonds is 10. The molecule has 4 rings (SSSR count). The standard InChI is InChI=1S/C28H28O13/c1-36-20-11-15(3-7-17(20)29)5-9-23(32)38-14-22-26-25(19(31)13-28(40-22,41-26)27(34)35)39-24(33)10-6-16-4-8-18(30)21(12-16)37-2/h3-12,19,22,25-26,29-31H,13-14H2,1-2H3,(H,34,35)/b9-5+,10-6+/t19-,22-,25-,26-,28+/m0/s1. The summed E-state index contributed by atoms with van der Waals surface area (Å²) in [5.41, 5.74) is 1.04. The van der Waals surface area contributed by atoms with Gasteiger partial charge in [-0.05, 0) is 47.5 Å². The Morgan fingerprint density at radius 2 is 1.49 bits per heavy atom. The summed E-state index contributed by atoms with van der Waals surface area (Å²) in [7, 11) is 2.75. The summed E-state index contributed by atoms with van der Waals surface area (Å²) in [4.78, 5) is 36.8. The highest BCUT2D eigenvalue weighted by Gasteiger charge is 2.63. The smallest absolute Gasteiger partial charge is 0.364 e. The zero-order valence-corrected chi connectivity index (χ0v) is 22.0. The summed E-state index contributed by atoms with van der Waals surface area (Å²) in [6.07, 6.45) is -0.789. The number of carbonyl (C=O) groups is 3. The molecule has 0 aliphatic carbocycles. The molecule has 2 heterocycles. The highest BCUT2D eigenvalue weighted by Crippen LogP contribution is 2.42. The molecule has 13 heteroatoms. The van der Waals surface area contributed by atoms with Gasteiger partial charge in [-0.2, -0.15) is 0 Å². The lowest BCUT2D eigenvalue weighted by Gasteiger charge is -2.35. The van der Waals surface area contributed by atoms with Crippen LogP contribution in [-0.4, -0.2) is 89.4 Å². The van der Waals surface area contributed by atoms with Gasteiger partial charge in [0.05, 0.1) is 20.3 Å². The number of aromatic hydroxyl groups is 2. The lowest BCUT2D eigenvalue weighted by molar-refractivity contribution is -0.247. The molecule has 2 fully saturated rings. The first-order valence-corrected chi connectivity index (χ1v) is 12.3. The number of carboxylic acids is 1. The summed E-state index contributed by atoms with van der Waals surface area (Å²) in [5.74, 6) is -5.13. The van der Waals surface area contributed by atoms with Crippen molar-refractivity contribution in [2.75, 3.05) is 20.8 Å². The molecule has 0 unspecified atom stereocenters. The first-order valence-electron chi connectivity index (χ1n) is 12.3. The second kappa shape index (κ2) is 12.3. The molecule has 0 aromatic heterocycles. The zero-order valence-electron chi connectivity index (χ0n) is 22.0. The van der Waals surface area contributed by atoms with Crippen molar-refractivity contribution in [1.29, 1.82) is 0 Å². The number of methoxy groups -OCH3 is 2. The van der Waals surface area contributed by atoms with Crippen LogP contribution in [-0.2, 0) is 33.3 Å². The minimum Gasteiger partial charge on any atom is -0.504 e. The van der Waals surface area contributed by atoms with Gasteiger partial charge < -0.3 is 48.8 Å². The molecule has 4 N–H and O–H groups in total. The fraction of sp³-hybridized carbons (Fsp3) is 0.321. The molecule has 0 amide bonds. The normalized spacial score (nSPS) is 25.2. The van der Waals surface area contributed by atoms with Crippen molar-refractivity contribution < 1.29 is 63.2 Å². The highest BCUT2D eigenvalue weighted by atomic mass is 16.8. The van der Waals surface area contributed by atoms with Gasteiger partial charge in [0.15, 0.2) is 29.1 Å². The number of hydrogen-bond donors (Lipinski definition) is 4. The Kier molecular flexibility index (Phi) is 8.81. The van der Waals surface area contributed by atoms with Gasteiger partial charge in [-0.15, -0.1) is 0 Å². The minimum atomic E-state index is -2.21. The predicted molar refractivity (Wildman–Crippen MR) is 139 cm³/mol. The second-order valence-corrected chi connectivity index (χ2v) is 9.13. The van der Waals surface area contributed by atoms with Crippen molar-refractivity contribution in [3.8, 4) is 23.0 Å². The fourth-order valence-corrected chi connectivity index (χ4v) is 4.39. The van der Waals surface area contributed by atoms with Crippen LogP contribution in [0.15, 0.2) is 48.6 Å². The number of ether oxygens (including phenoxy) is 6. The van der Waals surface area contributed by atoms with Crippen molar-refractivity contribution in [3.05, 3.63) is 59.7 Å². The molecule has 13 nitrogen and oxygen atoms in total. The lowest BCUT2D eigenvalue weighted by atomic mass is 9.95. The number of aliphatic hydroxyl groups is 1. The number of phenols is 2. The second-order valence-electron chi connectivity index (χ2n) is 9.13. The topological polar surface area (TPSA) is 188 Å². The third-order valence-electron chi connectivity index (χ3n) is 6.41. The number of esters is 2. The van der Waals surface area contributed by atoms with Crippen molar-refractivity contribution in [3.63, 3.8) is 0 Å². The highest BCUT2D eigenvalue weighted by molar-refractivity contribution is 5.88. The van der Waals surface area contributed by atoms with Gasteiger partial charge in [-0.1, -0.05) is 12.1 Å². The van der Waals surface area contributed by atoms with E-state index in [1.807, 2.05) is 0 Å². The fourth-order valence-electron chi connectivity index (χ4n) is 4.39. The summed E-state index contributed by atoms with van der Waals surface area (Å²) in [6.45, 7) is -0.467. The van der Waals surface area contributed by atoms with E-state index in [1.54, 1.807) is 6.07 Å². The summed E-state index contributed by atoms with van der Waals surface area (Å²) in [6, 6.07) is 8.83. The Morgan fingerprint density at radius 1 is 0.927 bits per heavy atom. The molecular formula is C28H28O13. The molecule has 5 atom stereocenters. The number of carbonyl (C=O) groups excluding carboxylic acids is 2. The van der Waals surface area contributed by atoms with Gasteiger partial charge in [-0.25, -0.2) is 14.4 Å². The van der Waals surface area contributed by atoms with Crippen molar-refractivity contribution >= 4 is 30.1 Å². The molecule has 2 aromatic carbocycles. The molecule has 2 aliphatic rings. The maximum Gasteiger partial charge on any atom is 0.364 e. The molecule has 2 aromatic rings. The first-order chi connectivity index (χ1) is 19.5. The van der Waals surface area contributed by atoms with Crippen LogP contribution >= 0.6 is 0 Å². The average molecular weight is 573 g/mol. The number of phenolic OH excluding ortho intramolecular Hbond substituents is 2. The SMILES string of the molecule is COc1cc(/C=C/C(=O)OC[C@@H]2O[C@]3(C(=O)O)C[C@H](O)[C@H](OC(=O)/C=C/c4ccc(O)c(OC)c4)[C@H]2O3)ccc1O. The van der Waals surface area contributed by atoms with Crippen LogP contribution in [0.3, 0.4) is 0 Å². The van der Waals surface area contributed by atoms with E-state index in [0.717, 1.165) is 12.2 Å². The van der Waals surface area contributed by atoms with E-state index in [4.69, 9.17) is 28.4 Å². The Morgan fingerprint density at radius 3 is 2.02 bits per heavy atom. The molecule has 2 saturated heterocycles. The monoisotopic (exact) mass is 572 g/mol. The summed E-state index contributed by atoms with van der Waals surface area (Å²) < 4.78 is 31.8. The van der Waals surface area contributed by atoms with Crippen LogP contribution < -0.4 is 9.47 Å². The number of carboxylic acid groups (broad SMARTS) is 1. The molecule has 41 heavy (non-hydrogen) atoms. The molecule has 0 radical (unpaired) electrons. The van der Waals surface area contributed by atoms with Crippen LogP contribution in [0.5, 0.6) is 23.0 Å². The van der Waals surface area contributed by atoms with Crippen LogP contribution in [0.4, 0.5) is 0 Å². The third kappa shape index (κ3) is 6.60. The molecule has 2 aliphatic heterocycles. The molecular weight excluding hydrogens is 544 g/mol. The van der Waals surface area contributed by atoms with E-state index >= 15 is 0 Å². The van der Waals surface area contributed by atoms with Gasteiger partial charge >= 0.3 is 17.9 Å². The number of hydrogen-bond acceptors (Lipinski definition) is 12. The van der Waals surface area contributed by atoms with Gasteiger partial charge in [0, 0.05) is 18.6 Å². The van der Waals surface area contributed by atoms with E-state index in [1.165, 1.54) is 56.7 Å². The summed E-state index contributed by atoms with van der Waals surface area (Å²) in [5, 5.41) is 39.7.